The minimum absolute atomic E-state index is 0.251. The van der Waals surface area contributed by atoms with Crippen LogP contribution in [0.1, 0.15) is 11.3 Å². The number of anilines is 1. The van der Waals surface area contributed by atoms with Crippen LogP contribution < -0.4 is 11.1 Å². The Hall–Kier alpha value is -1.53. The maximum absolute atomic E-state index is 5.45. The average molecular weight is 323 g/mol. The summed E-state index contributed by atoms with van der Waals surface area (Å²) in [4.78, 5) is 8.54. The molecule has 2 rings (SSSR count). The molecule has 1 aromatic carbocycles. The van der Waals surface area contributed by atoms with Gasteiger partial charge in [-0.2, -0.15) is 0 Å². The van der Waals surface area contributed by atoms with E-state index in [0.717, 1.165) is 10.0 Å². The van der Waals surface area contributed by atoms with Gasteiger partial charge in [0.25, 0.3) is 0 Å². The van der Waals surface area contributed by atoms with Crippen molar-refractivity contribution in [3.63, 3.8) is 0 Å². The minimum atomic E-state index is 0.251. The fraction of sp³-hybridized carbons (Fsp3) is 0.0833. The fourth-order valence-corrected chi connectivity index (χ4v) is 1.94. The molecule has 6 heteroatoms. The molecule has 0 amide bonds. The van der Waals surface area contributed by atoms with Crippen LogP contribution in [0.2, 0.25) is 0 Å². The van der Waals surface area contributed by atoms with Crippen molar-refractivity contribution in [3.8, 4) is 0 Å². The Balaban J connectivity index is 2.00. The molecule has 0 saturated carbocycles. The Bertz CT molecular complexity index is 556. The van der Waals surface area contributed by atoms with Gasteiger partial charge in [0.05, 0.1) is 12.4 Å². The van der Waals surface area contributed by atoms with Crippen molar-refractivity contribution >= 4 is 39.0 Å². The summed E-state index contributed by atoms with van der Waals surface area (Å²) in [5.41, 5.74) is 7.13. The fourth-order valence-electron chi connectivity index (χ4n) is 1.39. The van der Waals surface area contributed by atoms with Crippen molar-refractivity contribution in [3.05, 3.63) is 52.4 Å². The van der Waals surface area contributed by atoms with Crippen molar-refractivity contribution < 1.29 is 0 Å². The Kier molecular flexibility index (Phi) is 4.22. The molecule has 0 aliphatic carbocycles. The highest BCUT2D eigenvalue weighted by Gasteiger charge is 2.00. The van der Waals surface area contributed by atoms with Gasteiger partial charge in [0, 0.05) is 11.0 Å². The summed E-state index contributed by atoms with van der Waals surface area (Å²) >= 11 is 8.24. The van der Waals surface area contributed by atoms with Crippen molar-refractivity contribution in [2.24, 2.45) is 5.73 Å². The van der Waals surface area contributed by atoms with Gasteiger partial charge in [-0.25, -0.2) is 9.97 Å². The van der Waals surface area contributed by atoms with Gasteiger partial charge in [0.15, 0.2) is 0 Å². The van der Waals surface area contributed by atoms with Crippen molar-refractivity contribution in [2.75, 3.05) is 5.32 Å². The second kappa shape index (κ2) is 5.88. The lowest BCUT2D eigenvalue weighted by Gasteiger charge is -2.06. The van der Waals surface area contributed by atoms with E-state index in [4.69, 9.17) is 18.0 Å². The number of halogens is 1. The Morgan fingerprint density at radius 2 is 2.17 bits per heavy atom. The van der Waals surface area contributed by atoms with Gasteiger partial charge in [-0.1, -0.05) is 40.3 Å². The van der Waals surface area contributed by atoms with Crippen LogP contribution in [0, 0.1) is 0 Å². The van der Waals surface area contributed by atoms with Gasteiger partial charge in [-0.15, -0.1) is 0 Å². The van der Waals surface area contributed by atoms with Crippen LogP contribution in [0.4, 0.5) is 5.82 Å². The summed E-state index contributed by atoms with van der Waals surface area (Å²) in [6, 6.07) is 8.06. The molecule has 0 atom stereocenters. The lowest BCUT2D eigenvalue weighted by Crippen LogP contribution is -2.12. The Labute approximate surface area is 119 Å². The van der Waals surface area contributed by atoms with E-state index in [1.807, 2.05) is 24.3 Å². The van der Waals surface area contributed by atoms with E-state index in [0.29, 0.717) is 18.1 Å². The highest BCUT2D eigenvalue weighted by molar-refractivity contribution is 9.10. The third kappa shape index (κ3) is 3.48. The third-order valence-corrected chi connectivity index (χ3v) is 2.97. The number of nitrogens with two attached hydrogens (primary N) is 1. The maximum atomic E-state index is 5.45. The molecular weight excluding hydrogens is 312 g/mol. The molecule has 0 bridgehead atoms. The van der Waals surface area contributed by atoms with Gasteiger partial charge in [0.2, 0.25) is 0 Å². The number of thiocarbonyl (C=S) groups is 1. The number of nitrogens with zero attached hydrogens (tertiary/aromatic N) is 2. The number of hydrogen-bond acceptors (Lipinski definition) is 4. The first kappa shape index (κ1) is 12.9. The predicted octanol–water partition coefficient (Wildman–Crippen LogP) is 2.49. The van der Waals surface area contributed by atoms with Crippen LogP contribution in [0.3, 0.4) is 0 Å². The molecule has 1 aromatic heterocycles. The minimum Gasteiger partial charge on any atom is -0.388 e. The van der Waals surface area contributed by atoms with Crippen LogP contribution in [-0.4, -0.2) is 15.0 Å². The van der Waals surface area contributed by atoms with E-state index in [1.54, 1.807) is 12.4 Å². The predicted molar refractivity (Wildman–Crippen MR) is 79.4 cm³/mol. The van der Waals surface area contributed by atoms with E-state index in [1.165, 1.54) is 0 Å². The molecule has 2 aromatic rings. The SMILES string of the molecule is NC(=S)c1cnc(NCc2cccc(Br)c2)cn1. The number of benzene rings is 1. The summed E-state index contributed by atoms with van der Waals surface area (Å²) in [5.74, 6) is 0.690. The first-order valence-corrected chi connectivity index (χ1v) is 6.45. The Morgan fingerprint density at radius 1 is 1.33 bits per heavy atom. The van der Waals surface area contributed by atoms with E-state index in [9.17, 15) is 0 Å². The quantitative estimate of drug-likeness (QED) is 0.847. The zero-order valence-electron chi connectivity index (χ0n) is 9.43. The number of aromatic nitrogens is 2. The molecule has 1 heterocycles. The number of hydrogen-bond donors (Lipinski definition) is 2. The smallest absolute Gasteiger partial charge is 0.144 e. The Morgan fingerprint density at radius 3 is 2.78 bits per heavy atom. The van der Waals surface area contributed by atoms with Crippen LogP contribution in [-0.2, 0) is 6.54 Å². The van der Waals surface area contributed by atoms with Crippen LogP contribution >= 0.6 is 28.1 Å². The van der Waals surface area contributed by atoms with Crippen LogP contribution in [0.5, 0.6) is 0 Å². The standard InChI is InChI=1S/C12H11BrN4S/c13-9-3-1-2-8(4-9)5-16-11-7-15-10(6-17-11)12(14)18/h1-4,6-7H,5H2,(H2,14,18)(H,16,17). The third-order valence-electron chi connectivity index (χ3n) is 2.27. The summed E-state index contributed by atoms with van der Waals surface area (Å²) in [6.45, 7) is 0.681. The molecule has 0 spiro atoms. The summed E-state index contributed by atoms with van der Waals surface area (Å²) in [5, 5.41) is 3.18. The first-order valence-electron chi connectivity index (χ1n) is 5.25. The zero-order chi connectivity index (χ0) is 13.0. The molecule has 0 fully saturated rings. The molecule has 0 saturated heterocycles. The molecule has 0 aliphatic heterocycles. The highest BCUT2D eigenvalue weighted by atomic mass is 79.9. The van der Waals surface area contributed by atoms with Crippen LogP contribution in [0.15, 0.2) is 41.1 Å². The largest absolute Gasteiger partial charge is 0.388 e. The summed E-state index contributed by atoms with van der Waals surface area (Å²) in [6.07, 6.45) is 3.18. The molecular formula is C12H11BrN4S. The highest BCUT2D eigenvalue weighted by Crippen LogP contribution is 2.12. The van der Waals surface area contributed by atoms with Gasteiger partial charge >= 0.3 is 0 Å². The molecule has 0 aliphatic rings. The van der Waals surface area contributed by atoms with Crippen LogP contribution in [0.25, 0.3) is 0 Å². The van der Waals surface area contributed by atoms with E-state index in [2.05, 4.69) is 31.2 Å². The second-order valence-corrected chi connectivity index (χ2v) is 4.99. The molecule has 0 unspecified atom stereocenters. The van der Waals surface area contributed by atoms with Gasteiger partial charge in [-0.05, 0) is 17.7 Å². The van der Waals surface area contributed by atoms with Gasteiger partial charge < -0.3 is 11.1 Å². The maximum Gasteiger partial charge on any atom is 0.144 e. The van der Waals surface area contributed by atoms with E-state index in [-0.39, 0.29) is 4.99 Å². The topological polar surface area (TPSA) is 63.8 Å². The number of rotatable bonds is 4. The monoisotopic (exact) mass is 322 g/mol. The molecule has 92 valence electrons. The summed E-state index contributed by atoms with van der Waals surface area (Å²) in [7, 11) is 0. The molecule has 0 radical (unpaired) electrons. The molecule has 4 nitrogen and oxygen atoms in total. The van der Waals surface area contributed by atoms with E-state index < -0.39 is 0 Å². The summed E-state index contributed by atoms with van der Waals surface area (Å²) < 4.78 is 1.05. The molecule has 18 heavy (non-hydrogen) atoms. The van der Waals surface area contributed by atoms with Crippen molar-refractivity contribution in [1.82, 2.24) is 9.97 Å². The van der Waals surface area contributed by atoms with Gasteiger partial charge in [-0.3, -0.25) is 0 Å². The lowest BCUT2D eigenvalue weighted by atomic mass is 10.2. The van der Waals surface area contributed by atoms with Gasteiger partial charge in [0.1, 0.15) is 16.5 Å². The van der Waals surface area contributed by atoms with Crippen molar-refractivity contribution in [2.45, 2.75) is 6.54 Å². The van der Waals surface area contributed by atoms with E-state index >= 15 is 0 Å². The zero-order valence-corrected chi connectivity index (χ0v) is 11.8. The lowest BCUT2D eigenvalue weighted by molar-refractivity contribution is 1.08. The molecule has 3 N–H and O–H groups in total. The first-order chi connectivity index (χ1) is 8.65. The average Bonchev–Trinajstić information content (AvgIpc) is 2.37. The number of nitrogens with one attached hydrogen (secondary N) is 1. The van der Waals surface area contributed by atoms with Crippen molar-refractivity contribution in [1.29, 1.82) is 0 Å². The second-order valence-electron chi connectivity index (χ2n) is 3.63. The normalized spacial score (nSPS) is 10.1.